The van der Waals surface area contributed by atoms with Gasteiger partial charge in [-0.2, -0.15) is 0 Å². The Morgan fingerprint density at radius 3 is 1.17 bits per heavy atom. The van der Waals surface area contributed by atoms with E-state index in [9.17, 15) is 24.3 Å². The molecule has 2 saturated heterocycles. The van der Waals surface area contributed by atoms with E-state index in [0.717, 1.165) is 38.5 Å². The van der Waals surface area contributed by atoms with Crippen molar-refractivity contribution in [2.24, 2.45) is 5.92 Å². The van der Waals surface area contributed by atoms with Crippen molar-refractivity contribution >= 4 is 23.6 Å². The Labute approximate surface area is 361 Å². The second-order valence-corrected chi connectivity index (χ2v) is 18.7. The number of carbonyl (C=O) groups excluding carboxylic acids is 4. The van der Waals surface area contributed by atoms with Gasteiger partial charge in [-0.3, -0.25) is 29.0 Å². The van der Waals surface area contributed by atoms with Crippen LogP contribution in [0.25, 0.3) is 0 Å². The standard InChI is InChI=1S/C52H88N2O5/c1-5-7-9-11-13-15-17-19-21-23-25-27-29-31-33-35-37-53-47(55)41-46(50(53)58)52(45-39-43(3)49(57)44(4)40-45)42-48(56)54(51(52)59)38-36-34-32-30-28-26-24-22-20-18-16-14-12-10-8-6-2/h39-40,46,57H,5-38,41-42H2,1-4H3. The highest BCUT2D eigenvalue weighted by Crippen LogP contribution is 2.48. The highest BCUT2D eigenvalue weighted by Gasteiger charge is 2.62. The van der Waals surface area contributed by atoms with E-state index in [-0.39, 0.29) is 42.2 Å². The minimum atomic E-state index is -1.44. The van der Waals surface area contributed by atoms with Gasteiger partial charge in [-0.05, 0) is 43.4 Å². The Kier molecular flexibility index (Phi) is 25.4. The summed E-state index contributed by atoms with van der Waals surface area (Å²) < 4.78 is 0. The van der Waals surface area contributed by atoms with Crippen LogP contribution in [-0.4, -0.2) is 51.6 Å². The number of nitrogens with zero attached hydrogens (tertiary/aromatic N) is 2. The van der Waals surface area contributed by atoms with Crippen molar-refractivity contribution in [3.05, 3.63) is 28.8 Å². The molecule has 2 aliphatic heterocycles. The summed E-state index contributed by atoms with van der Waals surface area (Å²) >= 11 is 0. The van der Waals surface area contributed by atoms with Crippen molar-refractivity contribution in [3.8, 4) is 5.75 Å². The first kappa shape index (κ1) is 50.7. The fraction of sp³-hybridized carbons (Fsp3) is 0.808. The van der Waals surface area contributed by atoms with Gasteiger partial charge in [0.05, 0.1) is 11.3 Å². The number of aromatic hydroxyl groups is 1. The van der Waals surface area contributed by atoms with Gasteiger partial charge < -0.3 is 5.11 Å². The quantitative estimate of drug-likeness (QED) is 0.0537. The van der Waals surface area contributed by atoms with E-state index in [0.29, 0.717) is 29.8 Å². The van der Waals surface area contributed by atoms with Gasteiger partial charge in [0.1, 0.15) is 5.75 Å². The van der Waals surface area contributed by atoms with Crippen LogP contribution >= 0.6 is 0 Å². The number of likely N-dealkylation sites (tertiary alicyclic amines) is 2. The number of phenolic OH excluding ortho intramolecular Hbond substituents is 1. The van der Waals surface area contributed by atoms with Crippen LogP contribution in [0.3, 0.4) is 0 Å². The molecule has 0 bridgehead atoms. The number of rotatable bonds is 36. The molecule has 0 aliphatic carbocycles. The van der Waals surface area contributed by atoms with Crippen molar-refractivity contribution in [1.29, 1.82) is 0 Å². The summed E-state index contributed by atoms with van der Waals surface area (Å²) in [4.78, 5) is 58.6. The van der Waals surface area contributed by atoms with Crippen LogP contribution in [0.4, 0.5) is 0 Å². The highest BCUT2D eigenvalue weighted by molar-refractivity contribution is 6.14. The minimum absolute atomic E-state index is 0.0669. The topological polar surface area (TPSA) is 95.0 Å². The van der Waals surface area contributed by atoms with Crippen molar-refractivity contribution < 1.29 is 24.3 Å². The number of imide groups is 2. The molecule has 7 heteroatoms. The van der Waals surface area contributed by atoms with Crippen molar-refractivity contribution in [2.45, 2.75) is 251 Å². The zero-order valence-electron chi connectivity index (χ0n) is 38.7. The first-order valence-electron chi connectivity index (χ1n) is 25.2. The fourth-order valence-corrected chi connectivity index (χ4v) is 9.84. The Morgan fingerprint density at radius 1 is 0.492 bits per heavy atom. The predicted molar refractivity (Wildman–Crippen MR) is 245 cm³/mol. The second-order valence-electron chi connectivity index (χ2n) is 18.7. The molecule has 2 atom stereocenters. The molecule has 2 fully saturated rings. The maximum absolute atomic E-state index is 14.6. The maximum Gasteiger partial charge on any atom is 0.241 e. The average molecular weight is 821 g/mol. The van der Waals surface area contributed by atoms with Crippen molar-refractivity contribution in [3.63, 3.8) is 0 Å². The number of unbranched alkanes of at least 4 members (excludes halogenated alkanes) is 30. The lowest BCUT2D eigenvalue weighted by atomic mass is 9.67. The van der Waals surface area contributed by atoms with Gasteiger partial charge in [0.25, 0.3) is 0 Å². The van der Waals surface area contributed by atoms with Crippen LogP contribution in [-0.2, 0) is 24.6 Å². The molecule has 59 heavy (non-hydrogen) atoms. The normalized spacial score (nSPS) is 18.3. The molecule has 0 aromatic heterocycles. The fourth-order valence-electron chi connectivity index (χ4n) is 9.84. The number of carbonyl (C=O) groups is 4. The summed E-state index contributed by atoms with van der Waals surface area (Å²) in [6, 6.07) is 3.50. The summed E-state index contributed by atoms with van der Waals surface area (Å²) in [6.07, 6.45) is 40.0. The first-order chi connectivity index (χ1) is 28.7. The van der Waals surface area contributed by atoms with Crippen LogP contribution in [0.15, 0.2) is 12.1 Å². The molecule has 2 aliphatic rings. The van der Waals surface area contributed by atoms with Gasteiger partial charge >= 0.3 is 0 Å². The molecule has 7 nitrogen and oxygen atoms in total. The Balaban J connectivity index is 1.42. The van der Waals surface area contributed by atoms with E-state index in [1.165, 1.54) is 177 Å². The monoisotopic (exact) mass is 821 g/mol. The van der Waals surface area contributed by atoms with Gasteiger partial charge in [-0.25, -0.2) is 0 Å². The maximum atomic E-state index is 14.6. The zero-order chi connectivity index (χ0) is 42.7. The third-order valence-corrected chi connectivity index (χ3v) is 13.7. The molecule has 1 aromatic carbocycles. The van der Waals surface area contributed by atoms with Crippen molar-refractivity contribution in [2.75, 3.05) is 13.1 Å². The van der Waals surface area contributed by atoms with Gasteiger partial charge in [-0.1, -0.05) is 219 Å². The smallest absolute Gasteiger partial charge is 0.241 e. The third-order valence-electron chi connectivity index (χ3n) is 13.7. The molecule has 1 aromatic rings. The summed E-state index contributed by atoms with van der Waals surface area (Å²) in [6.45, 7) is 8.80. The van der Waals surface area contributed by atoms with E-state index in [1.54, 1.807) is 26.0 Å². The van der Waals surface area contributed by atoms with Crippen LogP contribution in [0.5, 0.6) is 5.75 Å². The zero-order valence-corrected chi connectivity index (χ0v) is 38.7. The lowest BCUT2D eigenvalue weighted by Crippen LogP contribution is -2.47. The Hall–Kier alpha value is -2.70. The number of amides is 4. The number of hydrogen-bond donors (Lipinski definition) is 1. The van der Waals surface area contributed by atoms with Gasteiger partial charge in [-0.15, -0.1) is 0 Å². The molecule has 336 valence electrons. The molecule has 0 radical (unpaired) electrons. The number of benzene rings is 1. The van der Waals surface area contributed by atoms with Gasteiger partial charge in [0.2, 0.25) is 23.6 Å². The SMILES string of the molecule is CCCCCCCCCCCCCCCCCCN1C(=O)CC(C2(c3cc(C)c(O)c(C)c3)CC(=O)N(CCCCCCCCCCCCCCCCCC)C2=O)C1=O. The van der Waals surface area contributed by atoms with Crippen LogP contribution < -0.4 is 0 Å². The van der Waals surface area contributed by atoms with Crippen LogP contribution in [0.1, 0.15) is 249 Å². The molecule has 3 rings (SSSR count). The number of hydrogen-bond acceptors (Lipinski definition) is 5. The molecule has 0 spiro atoms. The van der Waals surface area contributed by atoms with E-state index in [1.807, 2.05) is 0 Å². The average Bonchev–Trinajstić information content (AvgIpc) is 3.65. The summed E-state index contributed by atoms with van der Waals surface area (Å²) in [5.41, 5.74) is 0.315. The van der Waals surface area contributed by atoms with Gasteiger partial charge in [0, 0.05) is 25.9 Å². The molecule has 2 unspecified atom stereocenters. The molecular weight excluding hydrogens is 733 g/mol. The summed E-state index contributed by atoms with van der Waals surface area (Å²) in [5, 5.41) is 10.6. The van der Waals surface area contributed by atoms with Crippen LogP contribution in [0.2, 0.25) is 0 Å². The molecule has 2 heterocycles. The van der Waals surface area contributed by atoms with E-state index in [2.05, 4.69) is 13.8 Å². The summed E-state index contributed by atoms with van der Waals surface area (Å²) in [5.74, 6) is -1.98. The van der Waals surface area contributed by atoms with E-state index >= 15 is 0 Å². The van der Waals surface area contributed by atoms with E-state index in [4.69, 9.17) is 0 Å². The minimum Gasteiger partial charge on any atom is -0.507 e. The number of aryl methyl sites for hydroxylation is 2. The largest absolute Gasteiger partial charge is 0.507 e. The lowest BCUT2D eigenvalue weighted by Gasteiger charge is -2.33. The summed E-state index contributed by atoms with van der Waals surface area (Å²) in [7, 11) is 0. The molecular formula is C52H88N2O5. The van der Waals surface area contributed by atoms with E-state index < -0.39 is 11.3 Å². The number of phenols is 1. The first-order valence-corrected chi connectivity index (χ1v) is 25.2. The van der Waals surface area contributed by atoms with Crippen molar-refractivity contribution in [1.82, 2.24) is 9.80 Å². The van der Waals surface area contributed by atoms with Gasteiger partial charge in [0.15, 0.2) is 0 Å². The predicted octanol–water partition coefficient (Wildman–Crippen LogP) is 13.9. The molecule has 1 N–H and O–H groups in total. The third kappa shape index (κ3) is 16.9. The molecule has 4 amide bonds. The second kappa shape index (κ2) is 29.5. The molecule has 0 saturated carbocycles. The Bertz CT molecular complexity index is 1350. The van der Waals surface area contributed by atoms with Crippen LogP contribution in [0, 0.1) is 19.8 Å². The lowest BCUT2D eigenvalue weighted by molar-refractivity contribution is -0.145. The Morgan fingerprint density at radius 2 is 0.814 bits per heavy atom. The highest BCUT2D eigenvalue weighted by atomic mass is 16.3.